The van der Waals surface area contributed by atoms with Gasteiger partial charge >= 0.3 is 0 Å². The molecule has 0 amide bonds. The summed E-state index contributed by atoms with van der Waals surface area (Å²) in [5.74, 6) is 3.63. The van der Waals surface area contributed by atoms with Gasteiger partial charge in [-0.1, -0.05) is 23.6 Å². The summed E-state index contributed by atoms with van der Waals surface area (Å²) in [6, 6.07) is 6.66. The molecule has 0 saturated heterocycles. The molecule has 2 heteroatoms. The summed E-state index contributed by atoms with van der Waals surface area (Å²) in [5.41, 5.74) is 2.50. The van der Waals surface area contributed by atoms with E-state index in [1.807, 2.05) is 0 Å². The molecule has 2 nitrogen and oxygen atoms in total. The van der Waals surface area contributed by atoms with E-state index in [4.69, 9.17) is 11.2 Å². The first-order valence-corrected chi connectivity index (χ1v) is 5.71. The molecule has 1 N–H and O–H groups in total. The van der Waals surface area contributed by atoms with Crippen LogP contribution in [0, 0.1) is 19.3 Å². The SMILES string of the molecule is C#CCNC1CCCOc2ccc(C)cc21. The van der Waals surface area contributed by atoms with Gasteiger partial charge in [-0.05, 0) is 25.8 Å². The molecule has 0 aliphatic carbocycles. The van der Waals surface area contributed by atoms with Crippen LogP contribution >= 0.6 is 0 Å². The summed E-state index contributed by atoms with van der Waals surface area (Å²) < 4.78 is 5.72. The van der Waals surface area contributed by atoms with Gasteiger partial charge in [0.1, 0.15) is 5.75 Å². The molecule has 2 rings (SSSR count). The van der Waals surface area contributed by atoms with Crippen molar-refractivity contribution in [3.05, 3.63) is 29.3 Å². The van der Waals surface area contributed by atoms with Crippen LogP contribution in [0.1, 0.15) is 30.0 Å². The first-order valence-electron chi connectivity index (χ1n) is 5.71. The van der Waals surface area contributed by atoms with Crippen LogP contribution in [0.4, 0.5) is 0 Å². The van der Waals surface area contributed by atoms with Gasteiger partial charge in [0, 0.05) is 11.6 Å². The Bertz CT molecular complexity index is 406. The monoisotopic (exact) mass is 215 g/mol. The number of terminal acetylenes is 1. The number of benzene rings is 1. The minimum Gasteiger partial charge on any atom is -0.493 e. The van der Waals surface area contributed by atoms with Crippen molar-refractivity contribution in [1.82, 2.24) is 5.32 Å². The van der Waals surface area contributed by atoms with Gasteiger partial charge in [0.05, 0.1) is 13.2 Å². The van der Waals surface area contributed by atoms with Crippen molar-refractivity contribution in [1.29, 1.82) is 0 Å². The van der Waals surface area contributed by atoms with Crippen LogP contribution in [0.3, 0.4) is 0 Å². The summed E-state index contributed by atoms with van der Waals surface area (Å²) >= 11 is 0. The van der Waals surface area contributed by atoms with Gasteiger partial charge in [0.25, 0.3) is 0 Å². The summed E-state index contributed by atoms with van der Waals surface area (Å²) in [7, 11) is 0. The maximum Gasteiger partial charge on any atom is 0.124 e. The average Bonchev–Trinajstić information content (AvgIpc) is 2.48. The van der Waals surface area contributed by atoms with Crippen LogP contribution in [0.2, 0.25) is 0 Å². The molecule has 1 unspecified atom stereocenters. The van der Waals surface area contributed by atoms with Crippen molar-refractivity contribution >= 4 is 0 Å². The lowest BCUT2D eigenvalue weighted by Gasteiger charge is -2.17. The molecule has 0 bridgehead atoms. The van der Waals surface area contributed by atoms with Gasteiger partial charge < -0.3 is 4.74 Å². The van der Waals surface area contributed by atoms with E-state index in [0.717, 1.165) is 25.2 Å². The van der Waals surface area contributed by atoms with Crippen molar-refractivity contribution in [3.63, 3.8) is 0 Å². The van der Waals surface area contributed by atoms with E-state index >= 15 is 0 Å². The second kappa shape index (κ2) is 5.05. The summed E-state index contributed by atoms with van der Waals surface area (Å²) in [6.45, 7) is 3.51. The zero-order valence-electron chi connectivity index (χ0n) is 9.62. The lowest BCUT2D eigenvalue weighted by atomic mass is 10.00. The van der Waals surface area contributed by atoms with Crippen molar-refractivity contribution in [2.75, 3.05) is 13.2 Å². The first-order chi connectivity index (χ1) is 7.81. The maximum absolute atomic E-state index is 5.72. The second-order valence-corrected chi connectivity index (χ2v) is 4.17. The first kappa shape index (κ1) is 11.0. The Kier molecular flexibility index (Phi) is 3.48. The Morgan fingerprint density at radius 2 is 2.44 bits per heavy atom. The molecule has 1 aliphatic heterocycles. The molecule has 0 aromatic heterocycles. The molecule has 1 atom stereocenters. The highest BCUT2D eigenvalue weighted by Gasteiger charge is 2.18. The minimum atomic E-state index is 0.327. The lowest BCUT2D eigenvalue weighted by Crippen LogP contribution is -2.21. The van der Waals surface area contributed by atoms with Crippen molar-refractivity contribution in [2.45, 2.75) is 25.8 Å². The number of fused-ring (bicyclic) bond motifs is 1. The molecule has 0 fully saturated rings. The van der Waals surface area contributed by atoms with E-state index in [1.54, 1.807) is 0 Å². The van der Waals surface area contributed by atoms with E-state index in [0.29, 0.717) is 12.6 Å². The molecular formula is C14H17NO. The second-order valence-electron chi connectivity index (χ2n) is 4.17. The predicted octanol–water partition coefficient (Wildman–Crippen LogP) is 2.43. The summed E-state index contributed by atoms with van der Waals surface area (Å²) in [5, 5.41) is 3.38. The standard InChI is InChI=1S/C14H17NO/c1-3-8-15-13-5-4-9-16-14-7-6-11(2)10-12(13)14/h1,6-7,10,13,15H,4-5,8-9H2,2H3. The van der Waals surface area contributed by atoms with E-state index in [9.17, 15) is 0 Å². The van der Waals surface area contributed by atoms with E-state index in [2.05, 4.69) is 36.4 Å². The molecule has 0 saturated carbocycles. The minimum absolute atomic E-state index is 0.327. The normalized spacial score (nSPS) is 19.1. The number of hydrogen-bond donors (Lipinski definition) is 1. The van der Waals surface area contributed by atoms with E-state index < -0.39 is 0 Å². The van der Waals surface area contributed by atoms with E-state index in [-0.39, 0.29) is 0 Å². The average molecular weight is 215 g/mol. The topological polar surface area (TPSA) is 21.3 Å². The fourth-order valence-electron chi connectivity index (χ4n) is 2.09. The van der Waals surface area contributed by atoms with Gasteiger partial charge in [0.2, 0.25) is 0 Å². The van der Waals surface area contributed by atoms with Crippen LogP contribution in [0.25, 0.3) is 0 Å². The molecule has 1 aromatic rings. The Morgan fingerprint density at radius 1 is 1.56 bits per heavy atom. The Hall–Kier alpha value is -1.46. The fourth-order valence-corrected chi connectivity index (χ4v) is 2.09. The third-order valence-electron chi connectivity index (χ3n) is 2.89. The quantitative estimate of drug-likeness (QED) is 0.765. The molecule has 0 radical (unpaired) electrons. The highest BCUT2D eigenvalue weighted by Crippen LogP contribution is 2.31. The zero-order valence-corrected chi connectivity index (χ0v) is 9.62. The molecule has 16 heavy (non-hydrogen) atoms. The third kappa shape index (κ3) is 2.37. The number of nitrogens with one attached hydrogen (secondary N) is 1. The van der Waals surface area contributed by atoms with Gasteiger partial charge in [-0.3, -0.25) is 5.32 Å². The number of aryl methyl sites for hydroxylation is 1. The van der Waals surface area contributed by atoms with Crippen LogP contribution < -0.4 is 10.1 Å². The summed E-state index contributed by atoms with van der Waals surface area (Å²) in [4.78, 5) is 0. The fraction of sp³-hybridized carbons (Fsp3) is 0.429. The van der Waals surface area contributed by atoms with Gasteiger partial charge in [-0.2, -0.15) is 0 Å². The lowest BCUT2D eigenvalue weighted by molar-refractivity contribution is 0.315. The van der Waals surface area contributed by atoms with Gasteiger partial charge in [0.15, 0.2) is 0 Å². The number of ether oxygens (including phenoxy) is 1. The molecule has 1 aromatic carbocycles. The van der Waals surface area contributed by atoms with Crippen molar-refractivity contribution in [3.8, 4) is 18.1 Å². The predicted molar refractivity (Wildman–Crippen MR) is 65.5 cm³/mol. The summed E-state index contributed by atoms with van der Waals surface area (Å²) in [6.07, 6.45) is 7.44. The Morgan fingerprint density at radius 3 is 3.25 bits per heavy atom. The van der Waals surface area contributed by atoms with Crippen LogP contribution in [0.5, 0.6) is 5.75 Å². The number of rotatable bonds is 2. The molecule has 0 spiro atoms. The zero-order chi connectivity index (χ0) is 11.4. The highest BCUT2D eigenvalue weighted by molar-refractivity contribution is 5.39. The van der Waals surface area contributed by atoms with Gasteiger partial charge in [-0.25, -0.2) is 0 Å². The highest BCUT2D eigenvalue weighted by atomic mass is 16.5. The Labute approximate surface area is 97.0 Å². The van der Waals surface area contributed by atoms with Gasteiger partial charge in [-0.15, -0.1) is 6.42 Å². The van der Waals surface area contributed by atoms with Crippen LogP contribution in [0.15, 0.2) is 18.2 Å². The molecule has 84 valence electrons. The Balaban J connectivity index is 2.28. The third-order valence-corrected chi connectivity index (χ3v) is 2.89. The number of hydrogen-bond acceptors (Lipinski definition) is 2. The largest absolute Gasteiger partial charge is 0.493 e. The molecular weight excluding hydrogens is 198 g/mol. The molecule has 1 heterocycles. The van der Waals surface area contributed by atoms with Crippen molar-refractivity contribution in [2.24, 2.45) is 0 Å². The molecule has 1 aliphatic rings. The van der Waals surface area contributed by atoms with E-state index in [1.165, 1.54) is 11.1 Å². The maximum atomic E-state index is 5.72. The van der Waals surface area contributed by atoms with Crippen LogP contribution in [-0.4, -0.2) is 13.2 Å². The smallest absolute Gasteiger partial charge is 0.124 e. The van der Waals surface area contributed by atoms with Crippen molar-refractivity contribution < 1.29 is 4.74 Å². The van der Waals surface area contributed by atoms with Crippen LogP contribution in [-0.2, 0) is 0 Å².